The second kappa shape index (κ2) is 9.59. The van der Waals surface area contributed by atoms with Crippen molar-refractivity contribution in [1.82, 2.24) is 19.6 Å². The molecule has 2 aromatic carbocycles. The van der Waals surface area contributed by atoms with Gasteiger partial charge in [-0.15, -0.1) is 11.3 Å². The van der Waals surface area contributed by atoms with Crippen LogP contribution in [-0.2, 0) is 11.0 Å². The molecule has 3 aromatic heterocycles. The van der Waals surface area contributed by atoms with Crippen LogP contribution in [0.3, 0.4) is 0 Å². The molecule has 4 heterocycles. The number of nitrogens with zero attached hydrogens (tertiary/aromatic N) is 4. The summed E-state index contributed by atoms with van der Waals surface area (Å²) >= 11 is 1.55. The second-order valence-electron chi connectivity index (χ2n) is 10.2. The van der Waals surface area contributed by atoms with Crippen LogP contribution in [0.5, 0.6) is 0 Å². The van der Waals surface area contributed by atoms with E-state index in [0.717, 1.165) is 33.6 Å². The minimum atomic E-state index is -4.56. The fourth-order valence-corrected chi connectivity index (χ4v) is 6.65. The average Bonchev–Trinajstić information content (AvgIpc) is 3.72. The Kier molecular flexibility index (Phi) is 5.97. The highest BCUT2D eigenvalue weighted by molar-refractivity contribution is 7.13. The van der Waals surface area contributed by atoms with Crippen molar-refractivity contribution in [2.75, 3.05) is 5.32 Å². The Bertz CT molecular complexity index is 1820. The maximum atomic E-state index is 14.1. The van der Waals surface area contributed by atoms with Gasteiger partial charge >= 0.3 is 6.18 Å². The number of nitrogens with one attached hydrogen (secondary N) is 1. The Hall–Kier alpha value is -4.44. The summed E-state index contributed by atoms with van der Waals surface area (Å²) in [5, 5.41) is 14.9. The zero-order valence-corrected chi connectivity index (χ0v) is 22.8. The van der Waals surface area contributed by atoms with Gasteiger partial charge in [0.05, 0.1) is 27.5 Å². The van der Waals surface area contributed by atoms with E-state index in [4.69, 9.17) is 5.10 Å². The number of aryl methyl sites for hydroxylation is 1. The number of aromatic nitrogens is 4. The molecule has 0 unspecified atom stereocenters. The fourth-order valence-electron chi connectivity index (χ4n) is 5.92. The largest absolute Gasteiger partial charge is 0.418 e. The van der Waals surface area contributed by atoms with Crippen LogP contribution in [0.2, 0.25) is 0 Å². The molecule has 0 saturated carbocycles. The van der Waals surface area contributed by atoms with Crippen LogP contribution in [0, 0.1) is 6.92 Å². The van der Waals surface area contributed by atoms with Gasteiger partial charge < -0.3 is 5.32 Å². The van der Waals surface area contributed by atoms with Crippen LogP contribution in [0.4, 0.5) is 19.0 Å². The van der Waals surface area contributed by atoms with Crippen LogP contribution in [0.1, 0.15) is 47.6 Å². The zero-order valence-electron chi connectivity index (χ0n) is 21.9. The summed E-state index contributed by atoms with van der Waals surface area (Å²) in [6.07, 6.45) is -0.927. The number of benzene rings is 2. The van der Waals surface area contributed by atoms with E-state index >= 15 is 0 Å². The molecule has 0 saturated heterocycles. The van der Waals surface area contributed by atoms with Crippen molar-refractivity contribution in [2.45, 2.75) is 38.3 Å². The molecule has 1 aliphatic carbocycles. The molecule has 41 heavy (non-hydrogen) atoms. The number of para-hydroxylation sites is 2. The zero-order chi connectivity index (χ0) is 28.3. The van der Waals surface area contributed by atoms with Crippen molar-refractivity contribution in [2.24, 2.45) is 0 Å². The molecule has 0 fully saturated rings. The SMILES string of the molecule is Cc1nn(-c2ccccc2C(F)(F)F)c2c1[C@H](c1cn(-c3ccccc3)nc1-c1cccs1)C1=C(CCCC1=O)N2. The van der Waals surface area contributed by atoms with Crippen LogP contribution in [0.25, 0.3) is 21.9 Å². The Labute approximate surface area is 237 Å². The third-order valence-corrected chi connectivity index (χ3v) is 8.55. The number of allylic oxidation sites excluding steroid dienone is 2. The summed E-state index contributed by atoms with van der Waals surface area (Å²) in [5.74, 6) is -0.0699. The van der Waals surface area contributed by atoms with Crippen molar-refractivity contribution >= 4 is 22.9 Å². The third kappa shape index (κ3) is 4.21. The molecule has 5 aromatic rings. The molecule has 0 amide bonds. The lowest BCUT2D eigenvalue weighted by atomic mass is 9.76. The molecule has 10 heteroatoms. The highest BCUT2D eigenvalue weighted by atomic mass is 32.1. The fraction of sp³-hybridized carbons (Fsp3) is 0.194. The van der Waals surface area contributed by atoms with Crippen LogP contribution in [-0.4, -0.2) is 25.3 Å². The molecule has 7 rings (SSSR count). The van der Waals surface area contributed by atoms with Gasteiger partial charge in [0.2, 0.25) is 0 Å². The number of fused-ring (bicyclic) bond motifs is 1. The predicted octanol–water partition coefficient (Wildman–Crippen LogP) is 7.68. The Balaban J connectivity index is 1.50. The van der Waals surface area contributed by atoms with E-state index in [2.05, 4.69) is 10.4 Å². The molecule has 0 radical (unpaired) electrons. The van der Waals surface area contributed by atoms with Gasteiger partial charge in [0.1, 0.15) is 11.5 Å². The van der Waals surface area contributed by atoms with Gasteiger partial charge in [-0.25, -0.2) is 9.36 Å². The Morgan fingerprint density at radius 3 is 2.51 bits per heavy atom. The standard InChI is InChI=1S/C31H24F3N5OS/c1-18-26-27(20-17-38(19-9-3-2-4-10-19)37-29(20)25-15-8-16-41-25)28-22(12-7-14-24(28)40)35-30(26)39(36-18)23-13-6-5-11-21(23)31(32,33)34/h2-6,8-11,13,15-17,27,35H,7,12,14H2,1H3/t27-/m0/s1. The van der Waals surface area contributed by atoms with E-state index in [-0.39, 0.29) is 11.5 Å². The lowest BCUT2D eigenvalue weighted by molar-refractivity contribution is -0.137. The summed E-state index contributed by atoms with van der Waals surface area (Å²) in [7, 11) is 0. The van der Waals surface area contributed by atoms with E-state index in [0.29, 0.717) is 41.9 Å². The number of alkyl halides is 3. The normalized spacial score (nSPS) is 16.9. The van der Waals surface area contributed by atoms with E-state index < -0.39 is 17.7 Å². The number of Topliss-reactive ketones (excluding diaryl/α,β-unsaturated/α-hetero) is 1. The molecule has 6 nitrogen and oxygen atoms in total. The predicted molar refractivity (Wildman–Crippen MR) is 152 cm³/mol. The summed E-state index contributed by atoms with van der Waals surface area (Å²) in [6, 6.07) is 19.1. The van der Waals surface area contributed by atoms with E-state index in [1.54, 1.807) is 29.0 Å². The molecule has 1 N–H and O–H groups in total. The first-order valence-electron chi connectivity index (χ1n) is 13.3. The Morgan fingerprint density at radius 2 is 1.76 bits per heavy atom. The van der Waals surface area contributed by atoms with Gasteiger partial charge in [-0.2, -0.15) is 23.4 Å². The molecular weight excluding hydrogens is 547 g/mol. The van der Waals surface area contributed by atoms with Crippen molar-refractivity contribution in [1.29, 1.82) is 0 Å². The van der Waals surface area contributed by atoms with Crippen LogP contribution in [0.15, 0.2) is 89.6 Å². The topological polar surface area (TPSA) is 64.7 Å². The van der Waals surface area contributed by atoms with Gasteiger partial charge in [0.25, 0.3) is 0 Å². The van der Waals surface area contributed by atoms with Crippen molar-refractivity contribution < 1.29 is 18.0 Å². The van der Waals surface area contributed by atoms with E-state index in [9.17, 15) is 18.0 Å². The smallest absolute Gasteiger partial charge is 0.343 e. The highest BCUT2D eigenvalue weighted by Crippen LogP contribution is 2.50. The molecular formula is C31H24F3N5OS. The second-order valence-corrected chi connectivity index (χ2v) is 11.1. The lowest BCUT2D eigenvalue weighted by Gasteiger charge is -2.32. The van der Waals surface area contributed by atoms with Gasteiger partial charge in [-0.05, 0) is 55.5 Å². The lowest BCUT2D eigenvalue weighted by Crippen LogP contribution is -2.28. The van der Waals surface area contributed by atoms with Gasteiger partial charge in [-0.3, -0.25) is 4.79 Å². The number of halogens is 3. The Morgan fingerprint density at radius 1 is 0.976 bits per heavy atom. The van der Waals surface area contributed by atoms with E-state index in [1.807, 2.05) is 54.0 Å². The number of hydrogen-bond donors (Lipinski definition) is 1. The first-order chi connectivity index (χ1) is 19.8. The van der Waals surface area contributed by atoms with E-state index in [1.165, 1.54) is 16.8 Å². The third-order valence-electron chi connectivity index (χ3n) is 7.68. The average molecular weight is 572 g/mol. The summed E-state index contributed by atoms with van der Waals surface area (Å²) in [5.41, 5.74) is 4.16. The maximum absolute atomic E-state index is 14.1. The first kappa shape index (κ1) is 25.5. The first-order valence-corrected chi connectivity index (χ1v) is 14.2. The van der Waals surface area contributed by atoms with Gasteiger partial charge in [0, 0.05) is 40.9 Å². The van der Waals surface area contributed by atoms with Crippen molar-refractivity contribution in [3.05, 3.63) is 112 Å². The number of anilines is 1. The van der Waals surface area contributed by atoms with Gasteiger partial charge in [-0.1, -0.05) is 36.4 Å². The summed E-state index contributed by atoms with van der Waals surface area (Å²) in [4.78, 5) is 14.5. The highest BCUT2D eigenvalue weighted by Gasteiger charge is 2.42. The number of thiophene rings is 1. The molecule has 2 aliphatic rings. The summed E-state index contributed by atoms with van der Waals surface area (Å²) < 4.78 is 45.4. The monoisotopic (exact) mass is 571 g/mol. The molecule has 206 valence electrons. The number of carbonyl (C=O) groups is 1. The summed E-state index contributed by atoms with van der Waals surface area (Å²) in [6.45, 7) is 1.78. The minimum absolute atomic E-state index is 0.0295. The molecule has 0 bridgehead atoms. The molecule has 0 spiro atoms. The van der Waals surface area contributed by atoms with Crippen molar-refractivity contribution in [3.63, 3.8) is 0 Å². The number of hydrogen-bond acceptors (Lipinski definition) is 5. The quantitative estimate of drug-likeness (QED) is 0.240. The van der Waals surface area contributed by atoms with Crippen LogP contribution < -0.4 is 5.32 Å². The maximum Gasteiger partial charge on any atom is 0.418 e. The number of carbonyl (C=O) groups excluding carboxylic acids is 1. The molecule has 1 aliphatic heterocycles. The number of ketones is 1. The van der Waals surface area contributed by atoms with Crippen molar-refractivity contribution in [3.8, 4) is 21.9 Å². The minimum Gasteiger partial charge on any atom is -0.343 e. The van der Waals surface area contributed by atoms with Gasteiger partial charge in [0.15, 0.2) is 5.78 Å². The molecule has 1 atom stereocenters. The van der Waals surface area contributed by atoms with Crippen LogP contribution >= 0.6 is 11.3 Å². The number of rotatable bonds is 4.